The van der Waals surface area contributed by atoms with Crippen LogP contribution in [0, 0.1) is 5.92 Å². The number of pyridine rings is 1. The lowest BCUT2D eigenvalue weighted by Crippen LogP contribution is -2.37. The number of aryl methyl sites for hydroxylation is 1. The Morgan fingerprint density at radius 2 is 1.82 bits per heavy atom. The first-order valence-corrected chi connectivity index (χ1v) is 12.0. The second-order valence-corrected chi connectivity index (χ2v) is 8.72. The second-order valence-electron chi connectivity index (χ2n) is 8.72. The van der Waals surface area contributed by atoms with E-state index in [4.69, 9.17) is 0 Å². The average molecular weight is 444 g/mol. The van der Waals surface area contributed by atoms with Crippen molar-refractivity contribution in [1.82, 2.24) is 24.8 Å². The van der Waals surface area contributed by atoms with E-state index in [1.165, 1.54) is 5.56 Å². The van der Waals surface area contributed by atoms with Crippen molar-refractivity contribution in [1.29, 1.82) is 0 Å². The van der Waals surface area contributed by atoms with E-state index < -0.39 is 0 Å². The molecule has 172 valence electrons. The first-order valence-electron chi connectivity index (χ1n) is 12.0. The van der Waals surface area contributed by atoms with Gasteiger partial charge in [-0.3, -0.25) is 14.7 Å². The lowest BCUT2D eigenvalue weighted by molar-refractivity contribution is -0.134. The van der Waals surface area contributed by atoms with Crippen molar-refractivity contribution in [3.05, 3.63) is 78.1 Å². The predicted octanol–water partition coefficient (Wildman–Crippen LogP) is 4.01. The van der Waals surface area contributed by atoms with Gasteiger partial charge in [-0.25, -0.2) is 9.97 Å². The molecule has 3 heterocycles. The van der Waals surface area contributed by atoms with E-state index in [-0.39, 0.29) is 11.8 Å². The summed E-state index contributed by atoms with van der Waals surface area (Å²) in [5.41, 5.74) is 4.53. The van der Waals surface area contributed by atoms with Gasteiger partial charge in [-0.05, 0) is 30.0 Å². The Hall–Kier alpha value is -3.12. The fraction of sp³-hybridized carbons (Fsp3) is 0.407. The molecule has 3 aromatic rings. The number of hydrogen-bond acceptors (Lipinski definition) is 5. The molecular formula is C27H33N5O. The van der Waals surface area contributed by atoms with Crippen molar-refractivity contribution >= 4 is 5.91 Å². The normalized spacial score (nSPS) is 17.2. The smallest absolute Gasteiger partial charge is 0.227 e. The van der Waals surface area contributed by atoms with Gasteiger partial charge in [0.15, 0.2) is 0 Å². The summed E-state index contributed by atoms with van der Waals surface area (Å²) in [6.07, 6.45) is 10.1. The highest BCUT2D eigenvalue weighted by Crippen LogP contribution is 2.27. The molecular weight excluding hydrogens is 410 g/mol. The molecule has 1 amide bonds. The number of carbonyl (C=O) groups excluding carboxylic acids is 1. The third kappa shape index (κ3) is 5.82. The molecule has 0 bridgehead atoms. The molecule has 0 aliphatic carbocycles. The number of hydrogen-bond donors (Lipinski definition) is 0. The molecule has 0 radical (unpaired) electrons. The van der Waals surface area contributed by atoms with Gasteiger partial charge in [0.2, 0.25) is 5.91 Å². The van der Waals surface area contributed by atoms with Crippen LogP contribution in [0.3, 0.4) is 0 Å². The third-order valence-electron chi connectivity index (χ3n) is 6.26. The van der Waals surface area contributed by atoms with Crippen LogP contribution in [-0.2, 0) is 24.2 Å². The summed E-state index contributed by atoms with van der Waals surface area (Å²) in [4.78, 5) is 31.2. The first kappa shape index (κ1) is 23.1. The highest BCUT2D eigenvalue weighted by Gasteiger charge is 2.30. The van der Waals surface area contributed by atoms with Crippen molar-refractivity contribution in [2.45, 2.75) is 39.7 Å². The van der Waals surface area contributed by atoms with Crippen LogP contribution >= 0.6 is 0 Å². The molecule has 1 aliphatic heterocycles. The zero-order chi connectivity index (χ0) is 23.0. The SMILES string of the molecule is CCCN1CCN(Cc2cnc(CC)nc2)CC(Cc2ccccc2-c2cccnc2)C1=O. The van der Waals surface area contributed by atoms with Crippen LogP contribution in [0.5, 0.6) is 0 Å². The Bertz CT molecular complexity index is 1040. The van der Waals surface area contributed by atoms with Gasteiger partial charge in [-0.15, -0.1) is 0 Å². The summed E-state index contributed by atoms with van der Waals surface area (Å²) >= 11 is 0. The van der Waals surface area contributed by atoms with E-state index in [1.54, 1.807) is 6.20 Å². The molecule has 0 saturated carbocycles. The number of carbonyl (C=O) groups is 1. The van der Waals surface area contributed by atoms with Crippen molar-refractivity contribution in [2.24, 2.45) is 5.92 Å². The second kappa shape index (κ2) is 11.1. The molecule has 33 heavy (non-hydrogen) atoms. The van der Waals surface area contributed by atoms with E-state index >= 15 is 0 Å². The van der Waals surface area contributed by atoms with Gasteiger partial charge in [0.05, 0.1) is 5.92 Å². The Balaban J connectivity index is 1.57. The molecule has 1 atom stereocenters. The molecule has 1 aliphatic rings. The van der Waals surface area contributed by atoms with E-state index in [0.717, 1.165) is 68.1 Å². The van der Waals surface area contributed by atoms with Crippen molar-refractivity contribution in [3.63, 3.8) is 0 Å². The summed E-state index contributed by atoms with van der Waals surface area (Å²) in [6, 6.07) is 12.4. The van der Waals surface area contributed by atoms with Gasteiger partial charge in [0.1, 0.15) is 5.82 Å². The quantitative estimate of drug-likeness (QED) is 0.526. The van der Waals surface area contributed by atoms with Crippen LogP contribution in [-0.4, -0.2) is 56.8 Å². The van der Waals surface area contributed by atoms with Crippen molar-refractivity contribution in [2.75, 3.05) is 26.2 Å². The van der Waals surface area contributed by atoms with Crippen molar-refractivity contribution in [3.8, 4) is 11.1 Å². The average Bonchev–Trinajstić information content (AvgIpc) is 3.00. The molecule has 4 rings (SSSR count). The van der Waals surface area contributed by atoms with Crippen molar-refractivity contribution < 1.29 is 4.79 Å². The summed E-state index contributed by atoms with van der Waals surface area (Å²) in [7, 11) is 0. The standard InChI is InChI=1S/C27H33N5O/c1-3-12-32-14-13-31(19-21-16-29-26(4-2)30-17-21)20-24(27(32)33)15-22-8-5-6-10-25(22)23-9-7-11-28-18-23/h5-11,16-18,24H,3-4,12-15,19-20H2,1-2H3. The number of rotatable bonds is 8. The van der Waals surface area contributed by atoms with Gasteiger partial charge in [-0.1, -0.05) is 44.2 Å². The largest absolute Gasteiger partial charge is 0.341 e. The predicted molar refractivity (Wildman–Crippen MR) is 130 cm³/mol. The maximum absolute atomic E-state index is 13.5. The van der Waals surface area contributed by atoms with Gasteiger partial charge < -0.3 is 4.90 Å². The van der Waals surface area contributed by atoms with Crippen LogP contribution in [0.1, 0.15) is 37.2 Å². The zero-order valence-electron chi connectivity index (χ0n) is 19.7. The van der Waals surface area contributed by atoms with E-state index in [2.05, 4.69) is 64.0 Å². The Morgan fingerprint density at radius 1 is 1.00 bits per heavy atom. The Labute approximate surface area is 196 Å². The molecule has 0 N–H and O–H groups in total. The molecule has 6 heteroatoms. The monoisotopic (exact) mass is 443 g/mol. The lowest BCUT2D eigenvalue weighted by Gasteiger charge is -2.24. The Morgan fingerprint density at radius 3 is 2.55 bits per heavy atom. The van der Waals surface area contributed by atoms with Gasteiger partial charge >= 0.3 is 0 Å². The lowest BCUT2D eigenvalue weighted by atomic mass is 9.91. The third-order valence-corrected chi connectivity index (χ3v) is 6.26. The molecule has 1 fully saturated rings. The topological polar surface area (TPSA) is 62.2 Å². The fourth-order valence-electron chi connectivity index (χ4n) is 4.57. The number of amides is 1. The molecule has 1 saturated heterocycles. The number of nitrogens with zero attached hydrogens (tertiary/aromatic N) is 5. The molecule has 1 aromatic carbocycles. The van der Waals surface area contributed by atoms with Crippen LogP contribution in [0.25, 0.3) is 11.1 Å². The van der Waals surface area contributed by atoms with Crippen LogP contribution in [0.4, 0.5) is 0 Å². The summed E-state index contributed by atoms with van der Waals surface area (Å²) < 4.78 is 0. The van der Waals surface area contributed by atoms with Gasteiger partial charge in [-0.2, -0.15) is 0 Å². The zero-order valence-corrected chi connectivity index (χ0v) is 19.7. The molecule has 6 nitrogen and oxygen atoms in total. The maximum Gasteiger partial charge on any atom is 0.227 e. The minimum absolute atomic E-state index is 0.0901. The van der Waals surface area contributed by atoms with Crippen LogP contribution in [0.2, 0.25) is 0 Å². The van der Waals surface area contributed by atoms with Gasteiger partial charge in [0, 0.05) is 75.1 Å². The van der Waals surface area contributed by atoms with Gasteiger partial charge in [0.25, 0.3) is 0 Å². The summed E-state index contributed by atoms with van der Waals surface area (Å²) in [5, 5.41) is 0. The van der Waals surface area contributed by atoms with Crippen LogP contribution < -0.4 is 0 Å². The highest BCUT2D eigenvalue weighted by molar-refractivity contribution is 5.80. The number of aromatic nitrogens is 3. The molecule has 0 spiro atoms. The van der Waals surface area contributed by atoms with E-state index in [9.17, 15) is 4.79 Å². The van der Waals surface area contributed by atoms with E-state index in [0.29, 0.717) is 6.42 Å². The maximum atomic E-state index is 13.5. The summed E-state index contributed by atoms with van der Waals surface area (Å²) in [6.45, 7) is 8.12. The molecule has 1 unspecified atom stereocenters. The Kier molecular flexibility index (Phi) is 7.79. The fourth-order valence-corrected chi connectivity index (χ4v) is 4.57. The molecule has 2 aromatic heterocycles. The number of benzene rings is 1. The minimum Gasteiger partial charge on any atom is -0.341 e. The minimum atomic E-state index is -0.0901. The summed E-state index contributed by atoms with van der Waals surface area (Å²) in [5.74, 6) is 1.04. The first-order chi connectivity index (χ1) is 16.2. The van der Waals surface area contributed by atoms with E-state index in [1.807, 2.05) is 29.6 Å². The van der Waals surface area contributed by atoms with Crippen LogP contribution in [0.15, 0.2) is 61.2 Å². The highest BCUT2D eigenvalue weighted by atomic mass is 16.2.